The fourth-order valence-corrected chi connectivity index (χ4v) is 1.81. The van der Waals surface area contributed by atoms with Gasteiger partial charge in [-0.15, -0.1) is 0 Å². The van der Waals surface area contributed by atoms with Crippen LogP contribution in [0.15, 0.2) is 0 Å². The summed E-state index contributed by atoms with van der Waals surface area (Å²) < 4.78 is 35.8. The molecule has 0 bridgehead atoms. The number of rotatable bonds is 2. The molecule has 1 aliphatic rings. The average Bonchev–Trinajstić information content (AvgIpc) is 2.16. The van der Waals surface area contributed by atoms with Crippen LogP contribution in [0.2, 0.25) is 0 Å². The first-order valence-electron chi connectivity index (χ1n) is 4.91. The topological polar surface area (TPSA) is 66.4 Å². The molecular formula is C9H12F3NO3. The van der Waals surface area contributed by atoms with E-state index in [0.29, 0.717) is 19.3 Å². The van der Waals surface area contributed by atoms with Gasteiger partial charge in [0.2, 0.25) is 0 Å². The SMILES string of the molecule is O=C(O)[C@H]1CCC[C@@H](NC(=O)C(F)(F)F)C1. The molecular weight excluding hydrogens is 227 g/mol. The molecule has 1 rings (SSSR count). The first-order chi connectivity index (χ1) is 7.30. The molecule has 2 N–H and O–H groups in total. The van der Waals surface area contributed by atoms with Crippen LogP contribution >= 0.6 is 0 Å². The van der Waals surface area contributed by atoms with E-state index in [9.17, 15) is 22.8 Å². The van der Waals surface area contributed by atoms with Crippen molar-refractivity contribution in [2.24, 2.45) is 5.92 Å². The van der Waals surface area contributed by atoms with Gasteiger partial charge in [0.05, 0.1) is 5.92 Å². The lowest BCUT2D eigenvalue weighted by Gasteiger charge is -2.27. The van der Waals surface area contributed by atoms with Gasteiger partial charge in [0.25, 0.3) is 0 Å². The standard InChI is InChI=1S/C9H12F3NO3/c10-9(11,12)8(16)13-6-3-1-2-5(4-6)7(14)15/h5-6H,1-4H2,(H,13,16)(H,14,15)/t5-,6+/m0/s1. The van der Waals surface area contributed by atoms with Crippen molar-refractivity contribution in [2.45, 2.75) is 37.9 Å². The molecule has 7 heteroatoms. The van der Waals surface area contributed by atoms with Crippen LogP contribution in [0.5, 0.6) is 0 Å². The summed E-state index contributed by atoms with van der Waals surface area (Å²) in [6, 6.07) is -0.691. The number of carbonyl (C=O) groups is 2. The molecule has 92 valence electrons. The molecule has 0 aromatic carbocycles. The van der Waals surface area contributed by atoms with Crippen LogP contribution in [0.1, 0.15) is 25.7 Å². The van der Waals surface area contributed by atoms with E-state index in [4.69, 9.17) is 5.11 Å². The summed E-state index contributed by atoms with van der Waals surface area (Å²) in [5.41, 5.74) is 0. The Morgan fingerprint density at radius 2 is 1.88 bits per heavy atom. The second-order valence-electron chi connectivity index (χ2n) is 3.87. The minimum atomic E-state index is -4.91. The third kappa shape index (κ3) is 3.39. The number of carboxylic acid groups (broad SMARTS) is 1. The quantitative estimate of drug-likeness (QED) is 0.763. The van der Waals surface area contributed by atoms with Gasteiger partial charge in [0, 0.05) is 6.04 Å². The third-order valence-electron chi connectivity index (χ3n) is 2.62. The number of amides is 1. The van der Waals surface area contributed by atoms with Crippen LogP contribution in [0.4, 0.5) is 13.2 Å². The maximum atomic E-state index is 11.9. The molecule has 0 heterocycles. The minimum Gasteiger partial charge on any atom is -0.481 e. The van der Waals surface area contributed by atoms with Crippen molar-refractivity contribution in [2.75, 3.05) is 0 Å². The zero-order chi connectivity index (χ0) is 12.3. The molecule has 16 heavy (non-hydrogen) atoms. The Labute approximate surface area is 89.8 Å². The van der Waals surface area contributed by atoms with E-state index in [0.717, 1.165) is 0 Å². The van der Waals surface area contributed by atoms with E-state index in [1.165, 1.54) is 0 Å². The Morgan fingerprint density at radius 1 is 1.25 bits per heavy atom. The van der Waals surface area contributed by atoms with Gasteiger partial charge in [-0.1, -0.05) is 6.42 Å². The van der Waals surface area contributed by atoms with Gasteiger partial charge < -0.3 is 10.4 Å². The molecule has 0 aromatic heterocycles. The fourth-order valence-electron chi connectivity index (χ4n) is 1.81. The predicted octanol–water partition coefficient (Wildman–Crippen LogP) is 1.31. The summed E-state index contributed by atoms with van der Waals surface area (Å²) in [5.74, 6) is -3.68. The van der Waals surface area contributed by atoms with E-state index in [1.54, 1.807) is 0 Å². The van der Waals surface area contributed by atoms with Crippen molar-refractivity contribution in [1.82, 2.24) is 5.32 Å². The monoisotopic (exact) mass is 239 g/mol. The number of carboxylic acids is 1. The zero-order valence-corrected chi connectivity index (χ0v) is 8.38. The highest BCUT2D eigenvalue weighted by atomic mass is 19.4. The van der Waals surface area contributed by atoms with Crippen molar-refractivity contribution in [3.8, 4) is 0 Å². The smallest absolute Gasteiger partial charge is 0.471 e. The van der Waals surface area contributed by atoms with Crippen LogP contribution in [0, 0.1) is 5.92 Å². The molecule has 0 unspecified atom stereocenters. The lowest BCUT2D eigenvalue weighted by molar-refractivity contribution is -0.174. The average molecular weight is 239 g/mol. The first-order valence-corrected chi connectivity index (χ1v) is 4.91. The normalized spacial score (nSPS) is 26.2. The second kappa shape index (κ2) is 4.71. The van der Waals surface area contributed by atoms with Gasteiger partial charge in [0.1, 0.15) is 0 Å². The van der Waals surface area contributed by atoms with Crippen LogP contribution in [0.3, 0.4) is 0 Å². The molecule has 4 nitrogen and oxygen atoms in total. The van der Waals surface area contributed by atoms with Gasteiger partial charge in [-0.3, -0.25) is 9.59 Å². The second-order valence-corrected chi connectivity index (χ2v) is 3.87. The van der Waals surface area contributed by atoms with E-state index in [-0.39, 0.29) is 6.42 Å². The Bertz CT molecular complexity index is 290. The summed E-state index contributed by atoms with van der Waals surface area (Å²) in [4.78, 5) is 21.3. The highest BCUT2D eigenvalue weighted by Gasteiger charge is 2.40. The molecule has 1 amide bonds. The zero-order valence-electron chi connectivity index (χ0n) is 8.38. The molecule has 0 radical (unpaired) electrons. The molecule has 0 spiro atoms. The predicted molar refractivity (Wildman–Crippen MR) is 47.6 cm³/mol. The van der Waals surface area contributed by atoms with Crippen molar-refractivity contribution < 1.29 is 27.9 Å². The Balaban J connectivity index is 2.49. The number of hydrogen-bond acceptors (Lipinski definition) is 2. The van der Waals surface area contributed by atoms with Crippen LogP contribution < -0.4 is 5.32 Å². The molecule has 1 aliphatic carbocycles. The third-order valence-corrected chi connectivity index (χ3v) is 2.62. The van der Waals surface area contributed by atoms with Crippen LogP contribution in [0.25, 0.3) is 0 Å². The molecule has 1 fully saturated rings. The maximum absolute atomic E-state index is 11.9. The van der Waals surface area contributed by atoms with Crippen LogP contribution in [-0.4, -0.2) is 29.2 Å². The largest absolute Gasteiger partial charge is 0.481 e. The number of alkyl halides is 3. The van der Waals surface area contributed by atoms with E-state index >= 15 is 0 Å². The van der Waals surface area contributed by atoms with Crippen molar-refractivity contribution in [3.05, 3.63) is 0 Å². The number of carbonyl (C=O) groups excluding carboxylic acids is 1. The molecule has 0 aromatic rings. The van der Waals surface area contributed by atoms with Gasteiger partial charge in [-0.05, 0) is 19.3 Å². The summed E-state index contributed by atoms with van der Waals surface area (Å²) >= 11 is 0. The summed E-state index contributed by atoms with van der Waals surface area (Å²) in [7, 11) is 0. The number of hydrogen-bond donors (Lipinski definition) is 2. The van der Waals surface area contributed by atoms with E-state index in [2.05, 4.69) is 0 Å². The van der Waals surface area contributed by atoms with E-state index < -0.39 is 30.0 Å². The van der Waals surface area contributed by atoms with Crippen molar-refractivity contribution in [3.63, 3.8) is 0 Å². The lowest BCUT2D eigenvalue weighted by atomic mass is 9.86. The molecule has 0 aliphatic heterocycles. The van der Waals surface area contributed by atoms with E-state index in [1.807, 2.05) is 5.32 Å². The highest BCUT2D eigenvalue weighted by molar-refractivity contribution is 5.82. The van der Waals surface area contributed by atoms with Crippen molar-refractivity contribution in [1.29, 1.82) is 0 Å². The van der Waals surface area contributed by atoms with Gasteiger partial charge in [-0.2, -0.15) is 13.2 Å². The fraction of sp³-hybridized carbons (Fsp3) is 0.778. The summed E-state index contributed by atoms with van der Waals surface area (Å²) in [6.45, 7) is 0. The number of halogens is 3. The first kappa shape index (κ1) is 12.8. The van der Waals surface area contributed by atoms with Gasteiger partial charge in [-0.25, -0.2) is 0 Å². The molecule has 2 atom stereocenters. The summed E-state index contributed by atoms with van der Waals surface area (Å²) in [5, 5.41) is 10.5. The number of aliphatic carboxylic acids is 1. The summed E-state index contributed by atoms with van der Waals surface area (Å²) in [6.07, 6.45) is -3.48. The molecule has 1 saturated carbocycles. The van der Waals surface area contributed by atoms with Crippen molar-refractivity contribution >= 4 is 11.9 Å². The highest BCUT2D eigenvalue weighted by Crippen LogP contribution is 2.25. The van der Waals surface area contributed by atoms with Gasteiger partial charge >= 0.3 is 18.1 Å². The van der Waals surface area contributed by atoms with Gasteiger partial charge in [0.15, 0.2) is 0 Å². The van der Waals surface area contributed by atoms with Crippen LogP contribution in [-0.2, 0) is 9.59 Å². The number of nitrogens with one attached hydrogen (secondary N) is 1. The lowest BCUT2D eigenvalue weighted by Crippen LogP contribution is -2.45. The molecule has 0 saturated heterocycles. The Morgan fingerprint density at radius 3 is 2.38 bits per heavy atom. The Kier molecular flexibility index (Phi) is 3.77. The minimum absolute atomic E-state index is 0.0666. The maximum Gasteiger partial charge on any atom is 0.471 e. The Hall–Kier alpha value is -1.27.